The van der Waals surface area contributed by atoms with Crippen molar-refractivity contribution in [2.45, 2.75) is 26.7 Å². The van der Waals surface area contributed by atoms with Gasteiger partial charge in [-0.1, -0.05) is 44.2 Å². The van der Waals surface area contributed by atoms with Crippen LogP contribution in [-0.2, 0) is 14.2 Å². The zero-order valence-corrected chi connectivity index (χ0v) is 15.1. The molecular formula is C20H28O3. The lowest BCUT2D eigenvalue weighted by Gasteiger charge is -2.16. The molecule has 1 rings (SSSR count). The van der Waals surface area contributed by atoms with Gasteiger partial charge in [0.05, 0.1) is 27.1 Å². The highest BCUT2D eigenvalue weighted by Crippen LogP contribution is 2.29. The first-order chi connectivity index (χ1) is 11.1. The van der Waals surface area contributed by atoms with E-state index in [2.05, 4.69) is 44.2 Å². The van der Waals surface area contributed by atoms with Crippen molar-refractivity contribution in [3.63, 3.8) is 0 Å². The van der Waals surface area contributed by atoms with E-state index in [1.807, 2.05) is 13.0 Å². The fraction of sp³-hybridized carbons (Fsp3) is 0.400. The van der Waals surface area contributed by atoms with Gasteiger partial charge in [-0.2, -0.15) is 0 Å². The largest absolute Gasteiger partial charge is 0.504 e. The summed E-state index contributed by atoms with van der Waals surface area (Å²) in [4.78, 5) is 0. The Morgan fingerprint density at radius 1 is 1.09 bits per heavy atom. The van der Waals surface area contributed by atoms with E-state index in [4.69, 9.17) is 14.2 Å². The zero-order valence-electron chi connectivity index (χ0n) is 15.1. The van der Waals surface area contributed by atoms with Crippen LogP contribution in [0.2, 0.25) is 0 Å². The average molecular weight is 316 g/mol. The highest BCUT2D eigenvalue weighted by Gasteiger charge is 2.14. The molecule has 23 heavy (non-hydrogen) atoms. The quantitative estimate of drug-likeness (QED) is 0.503. The molecule has 3 nitrogen and oxygen atoms in total. The smallest absolute Gasteiger partial charge is 0.130 e. The molecule has 0 aliphatic rings. The van der Waals surface area contributed by atoms with E-state index in [0.29, 0.717) is 12.5 Å². The zero-order chi connectivity index (χ0) is 17.2. The standard InChI is InChI=1S/C20H28O3/c1-7-16(14-22-5)20(19(23-6)12-13-21-4)18-10-8-17(9-11-18)15(2)3/h7-13,15H,14H2,1-6H3/b13-12+,16-7-,20-19-. The predicted octanol–water partition coefficient (Wildman–Crippen LogP) is 4.92. The summed E-state index contributed by atoms with van der Waals surface area (Å²) in [7, 11) is 4.98. The molecule has 0 fully saturated rings. The van der Waals surface area contributed by atoms with Crippen LogP contribution in [0.25, 0.3) is 5.57 Å². The van der Waals surface area contributed by atoms with Gasteiger partial charge < -0.3 is 14.2 Å². The van der Waals surface area contributed by atoms with Crippen molar-refractivity contribution in [3.8, 4) is 0 Å². The summed E-state index contributed by atoms with van der Waals surface area (Å²) in [6.45, 7) is 6.90. The van der Waals surface area contributed by atoms with Gasteiger partial charge in [-0.3, -0.25) is 0 Å². The summed E-state index contributed by atoms with van der Waals surface area (Å²) in [6, 6.07) is 8.58. The topological polar surface area (TPSA) is 27.7 Å². The Balaban J connectivity index is 3.44. The Hall–Kier alpha value is -2.00. The molecule has 1 aromatic rings. The lowest BCUT2D eigenvalue weighted by molar-refractivity contribution is 0.228. The third-order valence-corrected chi connectivity index (χ3v) is 3.66. The molecule has 0 saturated carbocycles. The fourth-order valence-corrected chi connectivity index (χ4v) is 2.36. The van der Waals surface area contributed by atoms with Crippen LogP contribution in [-0.4, -0.2) is 27.9 Å². The highest BCUT2D eigenvalue weighted by molar-refractivity contribution is 5.82. The molecule has 0 N–H and O–H groups in total. The van der Waals surface area contributed by atoms with E-state index < -0.39 is 0 Å². The normalized spacial score (nSPS) is 13.4. The molecule has 0 amide bonds. The Morgan fingerprint density at radius 2 is 1.74 bits per heavy atom. The number of ether oxygens (including phenoxy) is 3. The van der Waals surface area contributed by atoms with Gasteiger partial charge in [0.1, 0.15) is 5.76 Å². The minimum absolute atomic E-state index is 0.506. The molecule has 0 bridgehead atoms. The Morgan fingerprint density at radius 3 is 2.17 bits per heavy atom. The molecule has 0 radical (unpaired) electrons. The Bertz CT molecular complexity index is 563. The van der Waals surface area contributed by atoms with E-state index in [0.717, 1.165) is 22.5 Å². The average Bonchev–Trinajstić information content (AvgIpc) is 2.57. The van der Waals surface area contributed by atoms with Gasteiger partial charge in [0.15, 0.2) is 0 Å². The second-order valence-corrected chi connectivity index (χ2v) is 5.51. The van der Waals surface area contributed by atoms with Crippen LogP contribution in [0.5, 0.6) is 0 Å². The first-order valence-corrected chi connectivity index (χ1v) is 7.81. The Kier molecular flexibility index (Phi) is 8.20. The van der Waals surface area contributed by atoms with Crippen molar-refractivity contribution in [1.29, 1.82) is 0 Å². The summed E-state index contributed by atoms with van der Waals surface area (Å²) < 4.78 is 16.0. The van der Waals surface area contributed by atoms with Gasteiger partial charge in [0.25, 0.3) is 0 Å². The third-order valence-electron chi connectivity index (χ3n) is 3.66. The minimum Gasteiger partial charge on any atom is -0.504 e. The molecule has 0 unspecified atom stereocenters. The van der Waals surface area contributed by atoms with Crippen molar-refractivity contribution in [2.75, 3.05) is 27.9 Å². The molecule has 0 atom stereocenters. The number of hydrogen-bond donors (Lipinski definition) is 0. The number of rotatable bonds is 8. The van der Waals surface area contributed by atoms with E-state index in [1.54, 1.807) is 27.6 Å². The minimum atomic E-state index is 0.506. The van der Waals surface area contributed by atoms with Gasteiger partial charge in [-0.15, -0.1) is 0 Å². The number of benzene rings is 1. The van der Waals surface area contributed by atoms with Gasteiger partial charge in [-0.05, 0) is 29.5 Å². The number of methoxy groups -OCH3 is 3. The lowest BCUT2D eigenvalue weighted by Crippen LogP contribution is -2.03. The van der Waals surface area contributed by atoms with Crippen LogP contribution in [0.3, 0.4) is 0 Å². The first kappa shape index (κ1) is 19.0. The van der Waals surface area contributed by atoms with Crippen molar-refractivity contribution >= 4 is 5.57 Å². The van der Waals surface area contributed by atoms with Crippen molar-refractivity contribution in [1.82, 2.24) is 0 Å². The summed E-state index contributed by atoms with van der Waals surface area (Å²) in [5.74, 6) is 1.25. The van der Waals surface area contributed by atoms with Gasteiger partial charge >= 0.3 is 0 Å². The molecule has 0 aromatic heterocycles. The second-order valence-electron chi connectivity index (χ2n) is 5.51. The van der Waals surface area contributed by atoms with E-state index in [1.165, 1.54) is 5.56 Å². The molecule has 0 spiro atoms. The maximum absolute atomic E-state index is 5.59. The van der Waals surface area contributed by atoms with Gasteiger partial charge in [0.2, 0.25) is 0 Å². The van der Waals surface area contributed by atoms with Gasteiger partial charge in [-0.25, -0.2) is 0 Å². The lowest BCUT2D eigenvalue weighted by atomic mass is 9.93. The van der Waals surface area contributed by atoms with Crippen LogP contribution in [0.15, 0.2) is 54.0 Å². The Labute approximate surface area is 140 Å². The van der Waals surface area contributed by atoms with Crippen molar-refractivity contribution in [2.24, 2.45) is 0 Å². The van der Waals surface area contributed by atoms with Crippen LogP contribution in [0, 0.1) is 0 Å². The van der Waals surface area contributed by atoms with E-state index in [9.17, 15) is 0 Å². The van der Waals surface area contributed by atoms with E-state index >= 15 is 0 Å². The molecule has 1 aromatic carbocycles. The molecule has 3 heteroatoms. The maximum Gasteiger partial charge on any atom is 0.130 e. The first-order valence-electron chi connectivity index (χ1n) is 7.81. The molecule has 0 saturated heterocycles. The van der Waals surface area contributed by atoms with Crippen LogP contribution >= 0.6 is 0 Å². The van der Waals surface area contributed by atoms with Crippen LogP contribution < -0.4 is 0 Å². The molecule has 126 valence electrons. The van der Waals surface area contributed by atoms with Crippen molar-refractivity contribution in [3.05, 3.63) is 65.1 Å². The van der Waals surface area contributed by atoms with Gasteiger partial charge in [0, 0.05) is 18.8 Å². The maximum atomic E-state index is 5.59. The summed E-state index contributed by atoms with van der Waals surface area (Å²) in [5, 5.41) is 0. The van der Waals surface area contributed by atoms with Crippen LogP contribution in [0.4, 0.5) is 0 Å². The van der Waals surface area contributed by atoms with E-state index in [-0.39, 0.29) is 0 Å². The van der Waals surface area contributed by atoms with Crippen LogP contribution in [0.1, 0.15) is 37.8 Å². The second kappa shape index (κ2) is 9.90. The number of allylic oxidation sites excluding steroid dienone is 2. The SMILES string of the molecule is C\C=C(COC)/C(=C(\C=C\OC)OC)c1ccc(C(C)C)cc1. The predicted molar refractivity (Wildman–Crippen MR) is 96.2 cm³/mol. The summed E-state index contributed by atoms with van der Waals surface area (Å²) in [6.07, 6.45) is 5.49. The molecule has 0 heterocycles. The molecule has 0 aliphatic heterocycles. The number of hydrogen-bond acceptors (Lipinski definition) is 3. The van der Waals surface area contributed by atoms with Crippen molar-refractivity contribution < 1.29 is 14.2 Å². The summed E-state index contributed by atoms with van der Waals surface area (Å²) >= 11 is 0. The monoisotopic (exact) mass is 316 g/mol. The fourth-order valence-electron chi connectivity index (χ4n) is 2.36. The molecular weight excluding hydrogens is 288 g/mol. The molecule has 0 aliphatic carbocycles. The third kappa shape index (κ3) is 5.29. The highest BCUT2D eigenvalue weighted by atomic mass is 16.5. The summed E-state index contributed by atoms with van der Waals surface area (Å²) in [5.41, 5.74) is 4.49.